The quantitative estimate of drug-likeness (QED) is 0.412. The van der Waals surface area contributed by atoms with Crippen LogP contribution < -0.4 is 0 Å². The van der Waals surface area contributed by atoms with Crippen LogP contribution in [0.5, 0.6) is 0 Å². The predicted octanol–water partition coefficient (Wildman–Crippen LogP) is 5.75. The molecule has 1 aromatic heterocycles. The number of aromatic nitrogens is 1. The second-order valence-electron chi connectivity index (χ2n) is 7.75. The summed E-state index contributed by atoms with van der Waals surface area (Å²) in [6.07, 6.45) is 4.24. The van der Waals surface area contributed by atoms with Gasteiger partial charge >= 0.3 is 0 Å². The van der Waals surface area contributed by atoms with Gasteiger partial charge in [-0.05, 0) is 48.6 Å². The van der Waals surface area contributed by atoms with E-state index < -0.39 is 0 Å². The van der Waals surface area contributed by atoms with Crippen molar-refractivity contribution in [1.82, 2.24) is 4.57 Å². The van der Waals surface area contributed by atoms with E-state index in [0.29, 0.717) is 0 Å². The highest BCUT2D eigenvalue weighted by Gasteiger charge is 2.19. The first-order chi connectivity index (χ1) is 14.1. The van der Waals surface area contributed by atoms with E-state index in [1.807, 2.05) is 55.6 Å². The van der Waals surface area contributed by atoms with Crippen LogP contribution in [-0.2, 0) is 13.0 Å². The molecule has 0 unspecified atom stereocenters. The van der Waals surface area contributed by atoms with Crippen LogP contribution in [0.15, 0.2) is 66.9 Å². The van der Waals surface area contributed by atoms with E-state index in [1.165, 1.54) is 5.56 Å². The van der Waals surface area contributed by atoms with Crippen LogP contribution in [0.3, 0.4) is 0 Å². The number of aryl methyl sites for hydroxylation is 2. The van der Waals surface area contributed by atoms with Crippen molar-refractivity contribution >= 4 is 27.5 Å². The van der Waals surface area contributed by atoms with E-state index in [-0.39, 0.29) is 11.9 Å². The molecule has 0 saturated heterocycles. The van der Waals surface area contributed by atoms with Crippen LogP contribution in [0.25, 0.3) is 21.7 Å². The number of carbonyl (C=O) groups is 1. The molecule has 3 aromatic carbocycles. The normalized spacial score (nSPS) is 12.5. The topological polar surface area (TPSA) is 42.2 Å². The van der Waals surface area contributed by atoms with Crippen molar-refractivity contribution in [3.63, 3.8) is 0 Å². The molecule has 0 aliphatic rings. The molecule has 4 rings (SSSR count). The minimum atomic E-state index is -0.304. The van der Waals surface area contributed by atoms with Crippen molar-refractivity contribution in [3.05, 3.63) is 83.6 Å². The SMILES string of the molecule is CCc1ccc(C(=O)c2cn(CCC[C@H](C)O)c3ccccc23)c2ccccc12. The van der Waals surface area contributed by atoms with Gasteiger partial charge in [-0.25, -0.2) is 0 Å². The monoisotopic (exact) mass is 385 g/mol. The third-order valence-electron chi connectivity index (χ3n) is 5.69. The Bertz CT molecular complexity index is 1170. The summed E-state index contributed by atoms with van der Waals surface area (Å²) in [5.74, 6) is 0.0642. The van der Waals surface area contributed by atoms with Crippen LogP contribution in [0, 0.1) is 0 Å². The lowest BCUT2D eigenvalue weighted by Gasteiger charge is -2.09. The van der Waals surface area contributed by atoms with Crippen molar-refractivity contribution in [2.75, 3.05) is 0 Å². The molecule has 4 aromatic rings. The Hall–Kier alpha value is -2.91. The van der Waals surface area contributed by atoms with Gasteiger partial charge in [0, 0.05) is 34.8 Å². The maximum Gasteiger partial charge on any atom is 0.195 e. The molecular weight excluding hydrogens is 358 g/mol. The van der Waals surface area contributed by atoms with Gasteiger partial charge in [0.1, 0.15) is 0 Å². The van der Waals surface area contributed by atoms with Gasteiger partial charge in [0.15, 0.2) is 5.78 Å². The summed E-state index contributed by atoms with van der Waals surface area (Å²) < 4.78 is 2.15. The summed E-state index contributed by atoms with van der Waals surface area (Å²) in [5, 5.41) is 12.7. The molecule has 1 atom stereocenters. The minimum absolute atomic E-state index is 0.0642. The molecule has 29 heavy (non-hydrogen) atoms. The van der Waals surface area contributed by atoms with E-state index in [2.05, 4.69) is 29.7 Å². The first-order valence-corrected chi connectivity index (χ1v) is 10.4. The Morgan fingerprint density at radius 3 is 2.34 bits per heavy atom. The molecule has 0 bridgehead atoms. The third kappa shape index (κ3) is 3.70. The smallest absolute Gasteiger partial charge is 0.195 e. The van der Waals surface area contributed by atoms with Gasteiger partial charge in [0.25, 0.3) is 0 Å². The average Bonchev–Trinajstić information content (AvgIpc) is 3.11. The maximum absolute atomic E-state index is 13.6. The second-order valence-corrected chi connectivity index (χ2v) is 7.75. The molecule has 0 amide bonds. The average molecular weight is 386 g/mol. The minimum Gasteiger partial charge on any atom is -0.393 e. The Morgan fingerprint density at radius 1 is 0.931 bits per heavy atom. The molecule has 1 heterocycles. The highest BCUT2D eigenvalue weighted by molar-refractivity contribution is 6.21. The lowest BCUT2D eigenvalue weighted by Crippen LogP contribution is -2.04. The molecule has 148 valence electrons. The van der Waals surface area contributed by atoms with Gasteiger partial charge in [0.2, 0.25) is 0 Å². The largest absolute Gasteiger partial charge is 0.393 e. The van der Waals surface area contributed by atoms with Crippen molar-refractivity contribution in [1.29, 1.82) is 0 Å². The fourth-order valence-electron chi connectivity index (χ4n) is 4.18. The Morgan fingerprint density at radius 2 is 1.62 bits per heavy atom. The Kier molecular flexibility index (Phi) is 5.50. The van der Waals surface area contributed by atoms with Gasteiger partial charge in [-0.1, -0.05) is 61.5 Å². The van der Waals surface area contributed by atoms with Gasteiger partial charge in [-0.2, -0.15) is 0 Å². The predicted molar refractivity (Wildman–Crippen MR) is 120 cm³/mol. The number of aliphatic hydroxyl groups is 1. The first-order valence-electron chi connectivity index (χ1n) is 10.4. The van der Waals surface area contributed by atoms with Crippen LogP contribution in [0.2, 0.25) is 0 Å². The number of aliphatic hydroxyl groups excluding tert-OH is 1. The van der Waals surface area contributed by atoms with Crippen LogP contribution in [0.4, 0.5) is 0 Å². The number of hydrogen-bond donors (Lipinski definition) is 1. The zero-order valence-electron chi connectivity index (χ0n) is 17.1. The van der Waals surface area contributed by atoms with Crippen molar-refractivity contribution in [2.24, 2.45) is 0 Å². The summed E-state index contributed by atoms with van der Waals surface area (Å²) in [7, 11) is 0. The molecule has 1 N–H and O–H groups in total. The molecule has 0 aliphatic heterocycles. The summed E-state index contributed by atoms with van der Waals surface area (Å²) in [6, 6.07) is 20.3. The number of para-hydroxylation sites is 1. The summed E-state index contributed by atoms with van der Waals surface area (Å²) >= 11 is 0. The highest BCUT2D eigenvalue weighted by atomic mass is 16.3. The number of fused-ring (bicyclic) bond motifs is 2. The van der Waals surface area contributed by atoms with Crippen molar-refractivity contribution in [3.8, 4) is 0 Å². The van der Waals surface area contributed by atoms with Crippen LogP contribution in [0.1, 0.15) is 48.2 Å². The zero-order chi connectivity index (χ0) is 20.4. The Balaban J connectivity index is 1.79. The number of benzene rings is 3. The van der Waals surface area contributed by atoms with Crippen molar-refractivity contribution in [2.45, 2.75) is 45.8 Å². The fraction of sp³-hybridized carbons (Fsp3) is 0.269. The van der Waals surface area contributed by atoms with E-state index in [4.69, 9.17) is 0 Å². The number of carbonyl (C=O) groups excluding carboxylic acids is 1. The summed E-state index contributed by atoms with van der Waals surface area (Å²) in [4.78, 5) is 13.6. The Labute approximate surface area is 171 Å². The van der Waals surface area contributed by atoms with Gasteiger partial charge < -0.3 is 9.67 Å². The molecule has 0 saturated carbocycles. The maximum atomic E-state index is 13.6. The standard InChI is InChI=1S/C26H27NO2/c1-3-19-14-15-23(21-11-5-4-10-20(19)21)26(29)24-17-27(16-8-9-18(2)28)25-13-7-6-12-22(24)25/h4-7,10-15,17-18,28H,3,8-9,16H2,1-2H3/t18-/m0/s1. The van der Waals surface area contributed by atoms with Gasteiger partial charge in [-0.15, -0.1) is 0 Å². The van der Waals surface area contributed by atoms with Crippen molar-refractivity contribution < 1.29 is 9.90 Å². The van der Waals surface area contributed by atoms with Gasteiger partial charge in [-0.3, -0.25) is 4.79 Å². The van der Waals surface area contributed by atoms with E-state index in [9.17, 15) is 9.90 Å². The number of rotatable bonds is 7. The lowest BCUT2D eigenvalue weighted by molar-refractivity contribution is 0.104. The summed E-state index contributed by atoms with van der Waals surface area (Å²) in [6.45, 7) is 4.74. The van der Waals surface area contributed by atoms with Gasteiger partial charge in [0.05, 0.1) is 6.10 Å². The second kappa shape index (κ2) is 8.22. The lowest BCUT2D eigenvalue weighted by atomic mass is 9.93. The molecule has 0 radical (unpaired) electrons. The molecule has 0 fully saturated rings. The highest BCUT2D eigenvalue weighted by Crippen LogP contribution is 2.29. The fourth-order valence-corrected chi connectivity index (χ4v) is 4.18. The zero-order valence-corrected chi connectivity index (χ0v) is 17.1. The molecule has 0 aliphatic carbocycles. The molecule has 3 nitrogen and oxygen atoms in total. The third-order valence-corrected chi connectivity index (χ3v) is 5.69. The number of ketones is 1. The first kappa shape index (κ1) is 19.4. The van der Waals surface area contributed by atoms with E-state index in [1.54, 1.807) is 0 Å². The van der Waals surface area contributed by atoms with E-state index in [0.717, 1.165) is 58.6 Å². The van der Waals surface area contributed by atoms with Crippen LogP contribution in [-0.4, -0.2) is 21.6 Å². The number of hydrogen-bond acceptors (Lipinski definition) is 2. The number of nitrogens with zero attached hydrogens (tertiary/aromatic N) is 1. The summed E-state index contributed by atoms with van der Waals surface area (Å²) in [5.41, 5.74) is 3.82. The molecule has 0 spiro atoms. The molecular formula is C26H27NO2. The van der Waals surface area contributed by atoms with Crippen LogP contribution >= 0.6 is 0 Å². The molecule has 3 heteroatoms. The van der Waals surface area contributed by atoms with E-state index >= 15 is 0 Å².